The first-order valence-electron chi connectivity index (χ1n) is 6.37. The monoisotopic (exact) mass is 212 g/mol. The highest BCUT2D eigenvalue weighted by molar-refractivity contribution is 4.87. The summed E-state index contributed by atoms with van der Waals surface area (Å²) >= 11 is 0. The van der Waals surface area contributed by atoms with E-state index in [-0.39, 0.29) is 0 Å². The minimum Gasteiger partial charge on any atom is -0.377 e. The van der Waals surface area contributed by atoms with Crippen molar-refractivity contribution in [1.29, 1.82) is 0 Å². The molecule has 0 aromatic heterocycles. The van der Waals surface area contributed by atoms with Gasteiger partial charge in [0.25, 0.3) is 0 Å². The molecule has 0 spiro atoms. The standard InChI is InChI=1S/C12H24N2O/c1-9-4-5-10(7-9)14-11(8-13)12-3-2-6-15-12/h9-12,14H,2-8,13H2,1H3. The van der Waals surface area contributed by atoms with Crippen LogP contribution in [0.3, 0.4) is 0 Å². The van der Waals surface area contributed by atoms with E-state index in [4.69, 9.17) is 10.5 Å². The third-order valence-electron chi connectivity index (χ3n) is 3.81. The maximum atomic E-state index is 5.82. The number of hydrogen-bond acceptors (Lipinski definition) is 3. The molecule has 0 amide bonds. The van der Waals surface area contributed by atoms with Crippen molar-refractivity contribution in [2.75, 3.05) is 13.2 Å². The Balaban J connectivity index is 1.79. The molecule has 3 N–H and O–H groups in total. The average Bonchev–Trinajstić information content (AvgIpc) is 2.85. The van der Waals surface area contributed by atoms with E-state index in [1.54, 1.807) is 0 Å². The molecule has 0 aromatic rings. The van der Waals surface area contributed by atoms with Gasteiger partial charge in [-0.3, -0.25) is 0 Å². The largest absolute Gasteiger partial charge is 0.377 e. The van der Waals surface area contributed by atoms with Crippen molar-refractivity contribution in [2.45, 2.75) is 57.2 Å². The number of nitrogens with one attached hydrogen (secondary N) is 1. The van der Waals surface area contributed by atoms with Gasteiger partial charge in [-0.15, -0.1) is 0 Å². The lowest BCUT2D eigenvalue weighted by molar-refractivity contribution is 0.0767. The predicted molar refractivity (Wildman–Crippen MR) is 61.8 cm³/mol. The highest BCUT2D eigenvalue weighted by Crippen LogP contribution is 2.26. The first-order valence-corrected chi connectivity index (χ1v) is 6.37. The van der Waals surface area contributed by atoms with E-state index in [0.29, 0.717) is 24.7 Å². The second-order valence-electron chi connectivity index (χ2n) is 5.18. The van der Waals surface area contributed by atoms with Gasteiger partial charge < -0.3 is 15.8 Å². The molecule has 2 fully saturated rings. The molecule has 0 aromatic carbocycles. The zero-order valence-electron chi connectivity index (χ0n) is 9.74. The molecule has 0 radical (unpaired) electrons. The lowest BCUT2D eigenvalue weighted by Gasteiger charge is -2.26. The quantitative estimate of drug-likeness (QED) is 0.738. The molecule has 1 saturated carbocycles. The third-order valence-corrected chi connectivity index (χ3v) is 3.81. The van der Waals surface area contributed by atoms with E-state index in [1.807, 2.05) is 0 Å². The normalized spacial score (nSPS) is 38.4. The highest BCUT2D eigenvalue weighted by Gasteiger charge is 2.29. The van der Waals surface area contributed by atoms with Crippen molar-refractivity contribution in [1.82, 2.24) is 5.32 Å². The second kappa shape index (κ2) is 5.28. The Morgan fingerprint density at radius 2 is 2.27 bits per heavy atom. The van der Waals surface area contributed by atoms with E-state index in [2.05, 4.69) is 12.2 Å². The molecule has 4 unspecified atom stereocenters. The van der Waals surface area contributed by atoms with Gasteiger partial charge in [0.1, 0.15) is 0 Å². The van der Waals surface area contributed by atoms with Gasteiger partial charge in [-0.05, 0) is 38.0 Å². The topological polar surface area (TPSA) is 47.3 Å². The maximum absolute atomic E-state index is 5.82. The van der Waals surface area contributed by atoms with E-state index in [9.17, 15) is 0 Å². The predicted octanol–water partition coefficient (Wildman–Crippen LogP) is 1.27. The Labute approximate surface area is 92.7 Å². The van der Waals surface area contributed by atoms with Crippen LogP contribution in [0.25, 0.3) is 0 Å². The molecule has 15 heavy (non-hydrogen) atoms. The van der Waals surface area contributed by atoms with Gasteiger partial charge >= 0.3 is 0 Å². The minimum absolute atomic E-state index is 0.367. The Bertz CT molecular complexity index is 192. The second-order valence-corrected chi connectivity index (χ2v) is 5.18. The van der Waals surface area contributed by atoms with Gasteiger partial charge in [-0.2, -0.15) is 0 Å². The minimum atomic E-state index is 0.367. The van der Waals surface area contributed by atoms with E-state index in [1.165, 1.54) is 32.1 Å². The summed E-state index contributed by atoms with van der Waals surface area (Å²) < 4.78 is 5.70. The molecule has 3 heteroatoms. The number of rotatable bonds is 4. The van der Waals surface area contributed by atoms with Crippen LogP contribution in [0.15, 0.2) is 0 Å². The molecule has 2 aliphatic rings. The number of nitrogens with two attached hydrogens (primary N) is 1. The molecule has 4 atom stereocenters. The SMILES string of the molecule is CC1CCC(NC(CN)C2CCCO2)C1. The zero-order chi connectivity index (χ0) is 10.7. The molecule has 88 valence electrons. The molecule has 1 aliphatic carbocycles. The fraction of sp³-hybridized carbons (Fsp3) is 1.00. The van der Waals surface area contributed by atoms with Gasteiger partial charge in [-0.25, -0.2) is 0 Å². The fourth-order valence-electron chi connectivity index (χ4n) is 2.91. The van der Waals surface area contributed by atoms with E-state index in [0.717, 1.165) is 12.5 Å². The van der Waals surface area contributed by atoms with Crippen LogP contribution < -0.4 is 11.1 Å². The van der Waals surface area contributed by atoms with Crippen LogP contribution in [0, 0.1) is 5.92 Å². The van der Waals surface area contributed by atoms with Crippen molar-refractivity contribution in [2.24, 2.45) is 11.7 Å². The highest BCUT2D eigenvalue weighted by atomic mass is 16.5. The summed E-state index contributed by atoms with van der Waals surface area (Å²) in [6.45, 7) is 3.96. The molecular weight excluding hydrogens is 188 g/mol. The Hall–Kier alpha value is -0.120. The van der Waals surface area contributed by atoms with Crippen LogP contribution >= 0.6 is 0 Å². The summed E-state index contributed by atoms with van der Waals surface area (Å²) in [5, 5.41) is 3.69. The average molecular weight is 212 g/mol. The van der Waals surface area contributed by atoms with Crippen LogP contribution in [0.5, 0.6) is 0 Å². The Kier molecular flexibility index (Phi) is 4.00. The van der Waals surface area contributed by atoms with Crippen molar-refractivity contribution >= 4 is 0 Å². The molecule has 3 nitrogen and oxygen atoms in total. The maximum Gasteiger partial charge on any atom is 0.0741 e. The summed E-state index contributed by atoms with van der Waals surface area (Å²) in [6.07, 6.45) is 6.72. The summed E-state index contributed by atoms with van der Waals surface area (Å²) in [5.74, 6) is 0.880. The molecule has 1 aliphatic heterocycles. The van der Waals surface area contributed by atoms with Crippen LogP contribution in [0.4, 0.5) is 0 Å². The van der Waals surface area contributed by atoms with Crippen molar-refractivity contribution in [3.63, 3.8) is 0 Å². The van der Waals surface area contributed by atoms with Gasteiger partial charge in [0.15, 0.2) is 0 Å². The number of hydrogen-bond donors (Lipinski definition) is 2. The summed E-state index contributed by atoms with van der Waals surface area (Å²) in [4.78, 5) is 0. The molecule has 1 heterocycles. The molecule has 0 bridgehead atoms. The van der Waals surface area contributed by atoms with Crippen molar-refractivity contribution in [3.8, 4) is 0 Å². The van der Waals surface area contributed by atoms with Crippen LogP contribution in [0.2, 0.25) is 0 Å². The van der Waals surface area contributed by atoms with E-state index >= 15 is 0 Å². The van der Waals surface area contributed by atoms with Crippen LogP contribution in [-0.2, 0) is 4.74 Å². The lowest BCUT2D eigenvalue weighted by atomic mass is 10.1. The van der Waals surface area contributed by atoms with Gasteiger partial charge in [0, 0.05) is 25.2 Å². The van der Waals surface area contributed by atoms with E-state index < -0.39 is 0 Å². The lowest BCUT2D eigenvalue weighted by Crippen LogP contribution is -2.48. The molecular formula is C12H24N2O. The third kappa shape index (κ3) is 2.92. The van der Waals surface area contributed by atoms with Crippen LogP contribution in [-0.4, -0.2) is 31.3 Å². The first kappa shape index (κ1) is 11.4. The summed E-state index contributed by atoms with van der Waals surface area (Å²) in [5.41, 5.74) is 5.82. The first-order chi connectivity index (χ1) is 7.29. The van der Waals surface area contributed by atoms with Crippen molar-refractivity contribution < 1.29 is 4.74 Å². The summed E-state index contributed by atoms with van der Waals surface area (Å²) in [7, 11) is 0. The van der Waals surface area contributed by atoms with Crippen LogP contribution in [0.1, 0.15) is 39.0 Å². The van der Waals surface area contributed by atoms with Gasteiger partial charge in [0.2, 0.25) is 0 Å². The van der Waals surface area contributed by atoms with Gasteiger partial charge in [0.05, 0.1) is 6.10 Å². The summed E-state index contributed by atoms with van der Waals surface area (Å²) in [6, 6.07) is 1.06. The van der Waals surface area contributed by atoms with Crippen molar-refractivity contribution in [3.05, 3.63) is 0 Å². The van der Waals surface area contributed by atoms with Gasteiger partial charge in [-0.1, -0.05) is 6.92 Å². The molecule has 1 saturated heterocycles. The Morgan fingerprint density at radius 3 is 2.80 bits per heavy atom. The smallest absolute Gasteiger partial charge is 0.0741 e. The zero-order valence-corrected chi connectivity index (χ0v) is 9.74. The Morgan fingerprint density at radius 1 is 1.40 bits per heavy atom. The molecule has 2 rings (SSSR count). The fourth-order valence-corrected chi connectivity index (χ4v) is 2.91. The number of ether oxygens (including phenoxy) is 1.